The zero-order chi connectivity index (χ0) is 11.0. The molecule has 3 rings (SSSR count). The van der Waals surface area contributed by atoms with Crippen LogP contribution >= 0.6 is 0 Å². The quantitative estimate of drug-likeness (QED) is 0.695. The Morgan fingerprint density at radius 2 is 1.75 bits per heavy atom. The van der Waals surface area contributed by atoms with E-state index in [2.05, 4.69) is 24.3 Å². The van der Waals surface area contributed by atoms with E-state index in [1.165, 1.54) is 29.6 Å². The van der Waals surface area contributed by atoms with Crippen LogP contribution in [0, 0.1) is 0 Å². The molecule has 1 atom stereocenters. The van der Waals surface area contributed by atoms with Crippen LogP contribution in [0.5, 0.6) is 0 Å². The Labute approximate surface area is 96.2 Å². The number of carbonyl (C=O) groups excluding carboxylic acids is 1. The lowest BCUT2D eigenvalue weighted by atomic mass is 9.86. The summed E-state index contributed by atoms with van der Waals surface area (Å²) in [5.41, 5.74) is 3.94. The SMILES string of the molecule is O=C1CC(c2ccccc2)C2=C1CCCC2. The zero-order valence-corrected chi connectivity index (χ0v) is 9.41. The molecule has 0 heterocycles. The first-order valence-electron chi connectivity index (χ1n) is 6.16. The molecular weight excluding hydrogens is 196 g/mol. The number of carbonyl (C=O) groups is 1. The van der Waals surface area contributed by atoms with Crippen molar-refractivity contribution in [2.45, 2.75) is 38.0 Å². The molecule has 0 saturated carbocycles. The molecular formula is C15H16O. The smallest absolute Gasteiger partial charge is 0.159 e. The molecule has 0 bridgehead atoms. The summed E-state index contributed by atoms with van der Waals surface area (Å²) in [4.78, 5) is 11.9. The summed E-state index contributed by atoms with van der Waals surface area (Å²) in [6, 6.07) is 10.5. The monoisotopic (exact) mass is 212 g/mol. The van der Waals surface area contributed by atoms with Crippen molar-refractivity contribution in [2.75, 3.05) is 0 Å². The summed E-state index contributed by atoms with van der Waals surface area (Å²) in [6.45, 7) is 0. The second kappa shape index (κ2) is 3.89. The molecule has 1 heteroatoms. The lowest BCUT2D eigenvalue weighted by Crippen LogP contribution is -2.02. The van der Waals surface area contributed by atoms with E-state index in [9.17, 15) is 4.79 Å². The molecule has 16 heavy (non-hydrogen) atoms. The first kappa shape index (κ1) is 9.83. The van der Waals surface area contributed by atoms with Crippen molar-refractivity contribution in [3.8, 4) is 0 Å². The van der Waals surface area contributed by atoms with Crippen molar-refractivity contribution in [2.24, 2.45) is 0 Å². The van der Waals surface area contributed by atoms with Crippen LogP contribution in [-0.4, -0.2) is 5.78 Å². The standard InChI is InChI=1S/C15H16O/c16-15-10-14(11-6-2-1-3-7-11)12-8-4-5-9-13(12)15/h1-3,6-7,14H,4-5,8-10H2. The van der Waals surface area contributed by atoms with Gasteiger partial charge in [-0.3, -0.25) is 4.79 Å². The van der Waals surface area contributed by atoms with Gasteiger partial charge in [0, 0.05) is 12.3 Å². The van der Waals surface area contributed by atoms with Crippen molar-refractivity contribution in [1.29, 1.82) is 0 Å². The van der Waals surface area contributed by atoms with Crippen LogP contribution in [0.15, 0.2) is 41.5 Å². The van der Waals surface area contributed by atoms with E-state index in [0.29, 0.717) is 18.1 Å². The number of benzene rings is 1. The molecule has 0 aromatic heterocycles. The molecule has 2 aliphatic carbocycles. The maximum Gasteiger partial charge on any atom is 0.159 e. The van der Waals surface area contributed by atoms with Crippen molar-refractivity contribution in [1.82, 2.24) is 0 Å². The van der Waals surface area contributed by atoms with Crippen LogP contribution in [0.3, 0.4) is 0 Å². The van der Waals surface area contributed by atoms with Gasteiger partial charge in [-0.15, -0.1) is 0 Å². The fourth-order valence-corrected chi connectivity index (χ4v) is 3.07. The molecule has 2 aliphatic rings. The van der Waals surface area contributed by atoms with Gasteiger partial charge in [0.1, 0.15) is 0 Å². The average Bonchev–Trinajstić information content (AvgIpc) is 2.69. The molecule has 0 amide bonds. The predicted molar refractivity (Wildman–Crippen MR) is 64.3 cm³/mol. The third kappa shape index (κ3) is 1.51. The van der Waals surface area contributed by atoms with Gasteiger partial charge in [0.15, 0.2) is 5.78 Å². The molecule has 0 aliphatic heterocycles. The second-order valence-electron chi connectivity index (χ2n) is 4.80. The van der Waals surface area contributed by atoms with Gasteiger partial charge in [0.05, 0.1) is 0 Å². The summed E-state index contributed by atoms with van der Waals surface area (Å²) in [5, 5.41) is 0. The maximum absolute atomic E-state index is 11.9. The van der Waals surface area contributed by atoms with Gasteiger partial charge in [0.2, 0.25) is 0 Å². The molecule has 82 valence electrons. The van der Waals surface area contributed by atoms with E-state index >= 15 is 0 Å². The molecule has 1 aromatic carbocycles. The van der Waals surface area contributed by atoms with Gasteiger partial charge < -0.3 is 0 Å². The van der Waals surface area contributed by atoms with E-state index in [1.807, 2.05) is 6.07 Å². The highest BCUT2D eigenvalue weighted by Gasteiger charge is 2.33. The number of hydrogen-bond acceptors (Lipinski definition) is 1. The highest BCUT2D eigenvalue weighted by atomic mass is 16.1. The Morgan fingerprint density at radius 3 is 2.56 bits per heavy atom. The van der Waals surface area contributed by atoms with Crippen molar-refractivity contribution in [3.63, 3.8) is 0 Å². The summed E-state index contributed by atoms with van der Waals surface area (Å²) < 4.78 is 0. The van der Waals surface area contributed by atoms with Gasteiger partial charge in [-0.05, 0) is 36.8 Å². The Balaban J connectivity index is 1.99. The van der Waals surface area contributed by atoms with Crippen molar-refractivity contribution in [3.05, 3.63) is 47.0 Å². The van der Waals surface area contributed by atoms with E-state index in [4.69, 9.17) is 0 Å². The van der Waals surface area contributed by atoms with Gasteiger partial charge in [-0.1, -0.05) is 35.9 Å². The lowest BCUT2D eigenvalue weighted by Gasteiger charge is -2.18. The van der Waals surface area contributed by atoms with Gasteiger partial charge in [-0.2, -0.15) is 0 Å². The molecule has 0 spiro atoms. The number of ketones is 1. The van der Waals surface area contributed by atoms with Crippen LogP contribution in [0.1, 0.15) is 43.6 Å². The zero-order valence-electron chi connectivity index (χ0n) is 9.41. The molecule has 0 saturated heterocycles. The summed E-state index contributed by atoms with van der Waals surface area (Å²) >= 11 is 0. The van der Waals surface area contributed by atoms with E-state index in [0.717, 1.165) is 12.8 Å². The first-order valence-corrected chi connectivity index (χ1v) is 6.16. The Morgan fingerprint density at radius 1 is 1.00 bits per heavy atom. The van der Waals surface area contributed by atoms with E-state index < -0.39 is 0 Å². The number of rotatable bonds is 1. The Bertz CT molecular complexity index is 442. The van der Waals surface area contributed by atoms with Gasteiger partial charge in [0.25, 0.3) is 0 Å². The Kier molecular flexibility index (Phi) is 2.39. The number of Topliss-reactive ketones (excluding diaryl/α,β-unsaturated/α-hetero) is 1. The molecule has 0 radical (unpaired) electrons. The lowest BCUT2D eigenvalue weighted by molar-refractivity contribution is -0.115. The molecule has 0 fully saturated rings. The number of hydrogen-bond donors (Lipinski definition) is 0. The first-order chi connectivity index (χ1) is 7.86. The van der Waals surface area contributed by atoms with Crippen molar-refractivity contribution < 1.29 is 4.79 Å². The normalized spacial score (nSPS) is 24.8. The van der Waals surface area contributed by atoms with Gasteiger partial charge >= 0.3 is 0 Å². The van der Waals surface area contributed by atoms with Crippen LogP contribution in [0.25, 0.3) is 0 Å². The minimum absolute atomic E-state index is 0.393. The third-order valence-electron chi connectivity index (χ3n) is 3.86. The number of allylic oxidation sites excluding steroid dienone is 2. The fraction of sp³-hybridized carbons (Fsp3) is 0.400. The fourth-order valence-electron chi connectivity index (χ4n) is 3.07. The predicted octanol–water partition coefficient (Wildman–Crippen LogP) is 3.61. The summed E-state index contributed by atoms with van der Waals surface area (Å²) in [5.74, 6) is 0.799. The maximum atomic E-state index is 11.9. The van der Waals surface area contributed by atoms with E-state index in [1.54, 1.807) is 0 Å². The molecule has 1 nitrogen and oxygen atoms in total. The summed E-state index contributed by atoms with van der Waals surface area (Å²) in [6.07, 6.45) is 5.34. The van der Waals surface area contributed by atoms with Crippen LogP contribution < -0.4 is 0 Å². The van der Waals surface area contributed by atoms with E-state index in [-0.39, 0.29) is 0 Å². The topological polar surface area (TPSA) is 17.1 Å². The second-order valence-corrected chi connectivity index (χ2v) is 4.80. The minimum Gasteiger partial charge on any atom is -0.295 e. The Hall–Kier alpha value is -1.37. The highest BCUT2D eigenvalue weighted by molar-refractivity contribution is 6.00. The molecule has 0 N–H and O–H groups in total. The van der Waals surface area contributed by atoms with Crippen molar-refractivity contribution >= 4 is 5.78 Å². The highest BCUT2D eigenvalue weighted by Crippen LogP contribution is 2.44. The largest absolute Gasteiger partial charge is 0.295 e. The minimum atomic E-state index is 0.393. The third-order valence-corrected chi connectivity index (χ3v) is 3.86. The van der Waals surface area contributed by atoms with Crippen LogP contribution in [-0.2, 0) is 4.79 Å². The van der Waals surface area contributed by atoms with Crippen LogP contribution in [0.4, 0.5) is 0 Å². The molecule has 1 aromatic rings. The summed E-state index contributed by atoms with van der Waals surface area (Å²) in [7, 11) is 0. The average molecular weight is 212 g/mol. The van der Waals surface area contributed by atoms with Gasteiger partial charge in [-0.25, -0.2) is 0 Å². The molecule has 1 unspecified atom stereocenters. The van der Waals surface area contributed by atoms with Crippen LogP contribution in [0.2, 0.25) is 0 Å².